The number of nitrogens with zero attached hydrogens (tertiary/aromatic N) is 1. The van der Waals surface area contributed by atoms with Crippen LogP contribution >= 0.6 is 0 Å². The summed E-state index contributed by atoms with van der Waals surface area (Å²) in [7, 11) is 0. The molecule has 1 aliphatic rings. The van der Waals surface area contributed by atoms with E-state index in [1.54, 1.807) is 19.1 Å². The van der Waals surface area contributed by atoms with E-state index in [0.717, 1.165) is 4.90 Å². The number of urea groups is 1. The van der Waals surface area contributed by atoms with Crippen molar-refractivity contribution in [1.82, 2.24) is 15.5 Å². The van der Waals surface area contributed by atoms with Crippen molar-refractivity contribution >= 4 is 29.7 Å². The number of hydrogen-bond acceptors (Lipinski definition) is 6. The van der Waals surface area contributed by atoms with E-state index in [-0.39, 0.29) is 23.5 Å². The van der Waals surface area contributed by atoms with Gasteiger partial charge in [-0.2, -0.15) is 0 Å². The molecule has 1 heterocycles. The first-order chi connectivity index (χ1) is 13.7. The minimum absolute atomic E-state index is 0.0312. The van der Waals surface area contributed by atoms with Crippen LogP contribution in [0.5, 0.6) is 0 Å². The van der Waals surface area contributed by atoms with Gasteiger partial charge in [0.25, 0.3) is 17.7 Å². The lowest BCUT2D eigenvalue weighted by Crippen LogP contribution is -2.49. The number of amides is 5. The summed E-state index contributed by atoms with van der Waals surface area (Å²) in [4.78, 5) is 62.7. The molecule has 0 aliphatic carbocycles. The van der Waals surface area contributed by atoms with E-state index < -0.39 is 41.9 Å². The highest BCUT2D eigenvalue weighted by Gasteiger charge is 2.44. The van der Waals surface area contributed by atoms with E-state index in [4.69, 9.17) is 4.74 Å². The van der Waals surface area contributed by atoms with Crippen LogP contribution in [0.25, 0.3) is 0 Å². The number of nitrogens with one attached hydrogen (secondary N) is 2. The van der Waals surface area contributed by atoms with E-state index >= 15 is 0 Å². The van der Waals surface area contributed by atoms with Crippen molar-refractivity contribution in [3.05, 3.63) is 35.4 Å². The molecule has 0 bridgehead atoms. The van der Waals surface area contributed by atoms with E-state index in [0.29, 0.717) is 6.54 Å². The van der Waals surface area contributed by atoms with Crippen molar-refractivity contribution in [2.24, 2.45) is 5.92 Å². The van der Waals surface area contributed by atoms with Crippen molar-refractivity contribution in [2.75, 3.05) is 6.54 Å². The molecule has 2 unspecified atom stereocenters. The zero-order valence-corrected chi connectivity index (χ0v) is 16.9. The molecule has 0 radical (unpaired) electrons. The van der Waals surface area contributed by atoms with Crippen LogP contribution in [0.1, 0.15) is 54.8 Å². The predicted octanol–water partition coefficient (Wildman–Crippen LogP) is 1.47. The Balaban J connectivity index is 2.17. The second kappa shape index (κ2) is 9.31. The summed E-state index contributed by atoms with van der Waals surface area (Å²) < 4.78 is 5.19. The van der Waals surface area contributed by atoms with E-state index in [2.05, 4.69) is 10.6 Å². The molecule has 2 rings (SSSR count). The molecule has 5 amide bonds. The van der Waals surface area contributed by atoms with Gasteiger partial charge in [-0.05, 0) is 38.3 Å². The number of rotatable bonds is 7. The smallest absolute Gasteiger partial charge is 0.330 e. The quantitative estimate of drug-likeness (QED) is 0.525. The Labute approximate surface area is 168 Å². The standard InChI is InChI=1S/C20H25N3O6/c1-5-21-20(28)22-16(24)12(4)29-19(27)15(10-11(2)3)23-17(25)13-8-6-7-9-14(13)18(23)26/h6-9,11-12,15H,5,10H2,1-4H3,(H2,21,22,24,28). The molecular weight excluding hydrogens is 378 g/mol. The first-order valence-corrected chi connectivity index (χ1v) is 9.43. The molecule has 0 saturated heterocycles. The first kappa shape index (κ1) is 22.1. The Morgan fingerprint density at radius 1 is 1.03 bits per heavy atom. The topological polar surface area (TPSA) is 122 Å². The maximum absolute atomic E-state index is 12.8. The molecule has 156 valence electrons. The fourth-order valence-corrected chi connectivity index (χ4v) is 2.97. The minimum Gasteiger partial charge on any atom is -0.451 e. The first-order valence-electron chi connectivity index (χ1n) is 9.43. The van der Waals surface area contributed by atoms with Crippen LogP contribution in [0.4, 0.5) is 4.79 Å². The lowest BCUT2D eigenvalue weighted by Gasteiger charge is -2.27. The number of benzene rings is 1. The van der Waals surface area contributed by atoms with Gasteiger partial charge in [-0.15, -0.1) is 0 Å². The molecule has 0 fully saturated rings. The normalized spacial score (nSPS) is 15.0. The second-order valence-electron chi connectivity index (χ2n) is 7.10. The highest BCUT2D eigenvalue weighted by molar-refractivity contribution is 6.22. The molecule has 1 aromatic carbocycles. The molecule has 1 aliphatic heterocycles. The zero-order chi connectivity index (χ0) is 21.7. The average molecular weight is 403 g/mol. The van der Waals surface area contributed by atoms with E-state index in [1.807, 2.05) is 13.8 Å². The molecule has 1 aromatic rings. The van der Waals surface area contributed by atoms with Gasteiger partial charge in [0.2, 0.25) is 0 Å². The van der Waals surface area contributed by atoms with Crippen molar-refractivity contribution < 1.29 is 28.7 Å². The minimum atomic E-state index is -1.28. The molecule has 9 heteroatoms. The third-order valence-electron chi connectivity index (χ3n) is 4.34. The molecule has 9 nitrogen and oxygen atoms in total. The third-order valence-corrected chi connectivity index (χ3v) is 4.34. The maximum atomic E-state index is 12.8. The molecule has 0 aromatic heterocycles. The van der Waals surface area contributed by atoms with Crippen molar-refractivity contribution in [2.45, 2.75) is 46.3 Å². The van der Waals surface area contributed by atoms with Gasteiger partial charge in [-0.1, -0.05) is 26.0 Å². The Morgan fingerprint density at radius 2 is 1.59 bits per heavy atom. The van der Waals surface area contributed by atoms with Crippen LogP contribution in [0, 0.1) is 5.92 Å². The summed E-state index contributed by atoms with van der Waals surface area (Å²) in [5.41, 5.74) is 0.446. The number of hydrogen-bond donors (Lipinski definition) is 2. The summed E-state index contributed by atoms with van der Waals surface area (Å²) in [5, 5.41) is 4.44. The third kappa shape index (κ3) is 4.98. The van der Waals surface area contributed by atoms with Crippen molar-refractivity contribution in [3.63, 3.8) is 0 Å². The highest BCUT2D eigenvalue weighted by Crippen LogP contribution is 2.27. The highest BCUT2D eigenvalue weighted by atomic mass is 16.5. The lowest BCUT2D eigenvalue weighted by molar-refractivity contribution is -0.158. The molecule has 2 atom stereocenters. The van der Waals surface area contributed by atoms with Crippen LogP contribution < -0.4 is 10.6 Å². The van der Waals surface area contributed by atoms with Crippen LogP contribution in [0.3, 0.4) is 0 Å². The summed E-state index contributed by atoms with van der Waals surface area (Å²) in [6.45, 7) is 6.99. The molecule has 29 heavy (non-hydrogen) atoms. The van der Waals surface area contributed by atoms with Gasteiger partial charge in [-0.25, -0.2) is 9.59 Å². The summed E-state index contributed by atoms with van der Waals surface area (Å²) in [5.74, 6) is -2.88. The number of ether oxygens (including phenoxy) is 1. The van der Waals surface area contributed by atoms with E-state index in [1.165, 1.54) is 19.1 Å². The number of carbonyl (C=O) groups excluding carboxylic acids is 5. The number of imide groups is 2. The van der Waals surface area contributed by atoms with Gasteiger partial charge in [0.15, 0.2) is 6.10 Å². The Bertz CT molecular complexity index is 800. The summed E-state index contributed by atoms with van der Waals surface area (Å²) in [6, 6.07) is 4.43. The fourth-order valence-electron chi connectivity index (χ4n) is 2.97. The van der Waals surface area contributed by atoms with Crippen LogP contribution in [0.15, 0.2) is 24.3 Å². The fraction of sp³-hybridized carbons (Fsp3) is 0.450. The Morgan fingerprint density at radius 3 is 2.07 bits per heavy atom. The van der Waals surface area contributed by atoms with Gasteiger partial charge < -0.3 is 10.1 Å². The van der Waals surface area contributed by atoms with Crippen LogP contribution in [-0.4, -0.2) is 53.3 Å². The SMILES string of the molecule is CCNC(=O)NC(=O)C(C)OC(=O)C(CC(C)C)N1C(=O)c2ccccc2C1=O. The van der Waals surface area contributed by atoms with Crippen LogP contribution in [-0.2, 0) is 14.3 Å². The summed E-state index contributed by atoms with van der Waals surface area (Å²) in [6.07, 6.45) is -1.11. The van der Waals surface area contributed by atoms with Gasteiger partial charge in [-0.3, -0.25) is 24.6 Å². The van der Waals surface area contributed by atoms with Gasteiger partial charge >= 0.3 is 12.0 Å². The number of esters is 1. The molecule has 2 N–H and O–H groups in total. The molecular formula is C20H25N3O6. The largest absolute Gasteiger partial charge is 0.451 e. The van der Waals surface area contributed by atoms with Crippen LogP contribution in [0.2, 0.25) is 0 Å². The van der Waals surface area contributed by atoms with Gasteiger partial charge in [0.1, 0.15) is 6.04 Å². The maximum Gasteiger partial charge on any atom is 0.330 e. The van der Waals surface area contributed by atoms with E-state index in [9.17, 15) is 24.0 Å². The molecule has 0 spiro atoms. The van der Waals surface area contributed by atoms with Gasteiger partial charge in [0, 0.05) is 6.54 Å². The predicted molar refractivity (Wildman–Crippen MR) is 103 cm³/mol. The lowest BCUT2D eigenvalue weighted by atomic mass is 10.0. The Hall–Kier alpha value is -3.23. The monoisotopic (exact) mass is 403 g/mol. The second-order valence-corrected chi connectivity index (χ2v) is 7.10. The molecule has 0 saturated carbocycles. The Kier molecular flexibility index (Phi) is 7.08. The number of fused-ring (bicyclic) bond motifs is 1. The average Bonchev–Trinajstić information content (AvgIpc) is 2.90. The summed E-state index contributed by atoms with van der Waals surface area (Å²) >= 11 is 0. The zero-order valence-electron chi connectivity index (χ0n) is 16.9. The van der Waals surface area contributed by atoms with Gasteiger partial charge in [0.05, 0.1) is 11.1 Å². The van der Waals surface area contributed by atoms with Crippen molar-refractivity contribution in [3.8, 4) is 0 Å². The number of carbonyl (C=O) groups is 5. The van der Waals surface area contributed by atoms with Crippen molar-refractivity contribution in [1.29, 1.82) is 0 Å².